The molecule has 3 N–H and O–H groups in total. The second-order valence-corrected chi connectivity index (χ2v) is 4.44. The van der Waals surface area contributed by atoms with E-state index in [9.17, 15) is 4.79 Å². The number of hydrogen-bond donors (Lipinski definition) is 2. The van der Waals surface area contributed by atoms with E-state index in [0.717, 1.165) is 5.56 Å². The van der Waals surface area contributed by atoms with E-state index in [2.05, 4.69) is 24.1 Å². The Morgan fingerprint density at radius 2 is 2.06 bits per heavy atom. The maximum absolute atomic E-state index is 11.3. The molecule has 0 aromatic carbocycles. The first-order valence-corrected chi connectivity index (χ1v) is 5.43. The minimum Gasteiger partial charge on any atom is -0.355 e. The molecule has 0 unspecified atom stereocenters. The molecule has 88 valence electrons. The number of hydrogen-bond acceptors (Lipinski definition) is 3. The number of rotatable bonds is 5. The number of pyridine rings is 1. The van der Waals surface area contributed by atoms with Gasteiger partial charge in [0.15, 0.2) is 0 Å². The van der Waals surface area contributed by atoms with Crippen LogP contribution in [0.4, 0.5) is 0 Å². The number of nitrogens with zero attached hydrogens (tertiary/aromatic N) is 1. The van der Waals surface area contributed by atoms with Gasteiger partial charge in [0.1, 0.15) is 0 Å². The molecule has 0 aliphatic carbocycles. The molecule has 0 fully saturated rings. The number of amides is 1. The van der Waals surface area contributed by atoms with Crippen molar-refractivity contribution >= 4 is 5.91 Å². The van der Waals surface area contributed by atoms with Crippen molar-refractivity contribution in [1.29, 1.82) is 0 Å². The van der Waals surface area contributed by atoms with Gasteiger partial charge in [-0.3, -0.25) is 9.78 Å². The van der Waals surface area contributed by atoms with Gasteiger partial charge in [0.05, 0.1) is 0 Å². The van der Waals surface area contributed by atoms with Crippen LogP contribution in [0.1, 0.15) is 25.8 Å². The molecule has 0 bridgehead atoms. The van der Waals surface area contributed by atoms with E-state index < -0.39 is 0 Å². The molecule has 1 rings (SSSR count). The summed E-state index contributed by atoms with van der Waals surface area (Å²) in [6.45, 7) is 5.17. The summed E-state index contributed by atoms with van der Waals surface area (Å²) in [5, 5.41) is 2.88. The van der Waals surface area contributed by atoms with Crippen LogP contribution in [0.25, 0.3) is 0 Å². The molecule has 0 aliphatic rings. The van der Waals surface area contributed by atoms with Crippen LogP contribution in [0.3, 0.4) is 0 Å². The summed E-state index contributed by atoms with van der Waals surface area (Å²) in [6.07, 6.45) is 3.91. The van der Waals surface area contributed by atoms with E-state index in [0.29, 0.717) is 19.5 Å². The highest BCUT2D eigenvalue weighted by Gasteiger charge is 2.20. The van der Waals surface area contributed by atoms with Gasteiger partial charge in [-0.05, 0) is 17.7 Å². The SMILES string of the molecule is CC(C)(CNC(=O)CCN)c1ccncc1. The monoisotopic (exact) mass is 221 g/mol. The predicted molar refractivity (Wildman–Crippen MR) is 63.9 cm³/mol. The van der Waals surface area contributed by atoms with Gasteiger partial charge in [0.25, 0.3) is 0 Å². The molecule has 4 nitrogen and oxygen atoms in total. The Morgan fingerprint density at radius 3 is 2.62 bits per heavy atom. The van der Waals surface area contributed by atoms with Crippen molar-refractivity contribution in [2.75, 3.05) is 13.1 Å². The molecule has 1 heterocycles. The number of carbonyl (C=O) groups excluding carboxylic acids is 1. The molecule has 1 aromatic heterocycles. The summed E-state index contributed by atoms with van der Waals surface area (Å²) in [4.78, 5) is 15.3. The van der Waals surface area contributed by atoms with Gasteiger partial charge in [0, 0.05) is 37.3 Å². The van der Waals surface area contributed by atoms with E-state index in [1.165, 1.54) is 0 Å². The van der Waals surface area contributed by atoms with E-state index in [1.807, 2.05) is 12.1 Å². The minimum atomic E-state index is -0.0901. The molecule has 0 radical (unpaired) electrons. The van der Waals surface area contributed by atoms with E-state index in [-0.39, 0.29) is 11.3 Å². The lowest BCUT2D eigenvalue weighted by molar-refractivity contribution is -0.121. The van der Waals surface area contributed by atoms with Crippen LogP contribution in [0.5, 0.6) is 0 Å². The first kappa shape index (κ1) is 12.6. The maximum atomic E-state index is 11.3. The Kier molecular flexibility index (Phi) is 4.43. The largest absolute Gasteiger partial charge is 0.355 e. The Labute approximate surface area is 96.3 Å². The van der Waals surface area contributed by atoms with Crippen molar-refractivity contribution in [3.8, 4) is 0 Å². The number of nitrogens with two attached hydrogens (primary N) is 1. The van der Waals surface area contributed by atoms with Crippen LogP contribution in [0.2, 0.25) is 0 Å². The van der Waals surface area contributed by atoms with Gasteiger partial charge in [-0.25, -0.2) is 0 Å². The zero-order valence-electron chi connectivity index (χ0n) is 9.86. The topological polar surface area (TPSA) is 68.0 Å². The molecule has 1 aromatic rings. The van der Waals surface area contributed by atoms with Gasteiger partial charge in [-0.2, -0.15) is 0 Å². The molecule has 16 heavy (non-hydrogen) atoms. The van der Waals surface area contributed by atoms with Crippen molar-refractivity contribution in [2.24, 2.45) is 5.73 Å². The van der Waals surface area contributed by atoms with Crippen molar-refractivity contribution in [1.82, 2.24) is 10.3 Å². The smallest absolute Gasteiger partial charge is 0.221 e. The summed E-state index contributed by atoms with van der Waals surface area (Å²) in [5.74, 6) is 0.00429. The number of aromatic nitrogens is 1. The van der Waals surface area contributed by atoms with Crippen molar-refractivity contribution in [3.63, 3.8) is 0 Å². The van der Waals surface area contributed by atoms with E-state index in [1.54, 1.807) is 12.4 Å². The van der Waals surface area contributed by atoms with Crippen LogP contribution >= 0.6 is 0 Å². The standard InChI is InChI=1S/C12H19N3O/c1-12(2,9-15-11(16)3-6-13)10-4-7-14-8-5-10/h4-5,7-8H,3,6,9,13H2,1-2H3,(H,15,16). The van der Waals surface area contributed by atoms with Crippen LogP contribution < -0.4 is 11.1 Å². The molecule has 0 saturated heterocycles. The van der Waals surface area contributed by atoms with E-state index >= 15 is 0 Å². The first-order chi connectivity index (χ1) is 7.56. The van der Waals surface area contributed by atoms with Gasteiger partial charge in [0.2, 0.25) is 5.91 Å². The average Bonchev–Trinajstić information content (AvgIpc) is 2.28. The van der Waals surface area contributed by atoms with Crippen LogP contribution in [-0.4, -0.2) is 24.0 Å². The second-order valence-electron chi connectivity index (χ2n) is 4.44. The summed E-state index contributed by atoms with van der Waals surface area (Å²) in [7, 11) is 0. The van der Waals surface area contributed by atoms with Crippen molar-refractivity contribution < 1.29 is 4.79 Å². The average molecular weight is 221 g/mol. The molecule has 1 amide bonds. The third-order valence-electron chi connectivity index (χ3n) is 2.56. The third-order valence-corrected chi connectivity index (χ3v) is 2.56. The molecule has 0 aliphatic heterocycles. The Balaban J connectivity index is 2.55. The fourth-order valence-corrected chi connectivity index (χ4v) is 1.44. The van der Waals surface area contributed by atoms with Crippen LogP contribution in [0, 0.1) is 0 Å². The first-order valence-electron chi connectivity index (χ1n) is 5.43. The zero-order valence-corrected chi connectivity index (χ0v) is 9.86. The summed E-state index contributed by atoms with van der Waals surface area (Å²) in [5.41, 5.74) is 6.38. The van der Waals surface area contributed by atoms with Crippen LogP contribution in [0.15, 0.2) is 24.5 Å². The van der Waals surface area contributed by atoms with Crippen LogP contribution in [-0.2, 0) is 10.2 Å². The fourth-order valence-electron chi connectivity index (χ4n) is 1.44. The molecule has 4 heteroatoms. The van der Waals surface area contributed by atoms with Gasteiger partial charge >= 0.3 is 0 Å². The lowest BCUT2D eigenvalue weighted by Crippen LogP contribution is -2.37. The van der Waals surface area contributed by atoms with Crippen molar-refractivity contribution in [3.05, 3.63) is 30.1 Å². The third kappa shape index (κ3) is 3.62. The number of nitrogens with one attached hydrogen (secondary N) is 1. The lowest BCUT2D eigenvalue weighted by atomic mass is 9.85. The van der Waals surface area contributed by atoms with E-state index in [4.69, 9.17) is 5.73 Å². The summed E-state index contributed by atoms with van der Waals surface area (Å²) < 4.78 is 0. The lowest BCUT2D eigenvalue weighted by Gasteiger charge is -2.25. The quantitative estimate of drug-likeness (QED) is 0.773. The highest BCUT2D eigenvalue weighted by atomic mass is 16.1. The second kappa shape index (κ2) is 5.61. The molecule has 0 spiro atoms. The minimum absolute atomic E-state index is 0.00429. The highest BCUT2D eigenvalue weighted by molar-refractivity contribution is 5.76. The number of carbonyl (C=O) groups is 1. The molecular formula is C12H19N3O. The molecular weight excluding hydrogens is 202 g/mol. The zero-order chi connectivity index (χ0) is 12.0. The Morgan fingerprint density at radius 1 is 1.44 bits per heavy atom. The highest BCUT2D eigenvalue weighted by Crippen LogP contribution is 2.20. The van der Waals surface area contributed by atoms with Gasteiger partial charge in [-0.1, -0.05) is 13.8 Å². The van der Waals surface area contributed by atoms with Gasteiger partial charge < -0.3 is 11.1 Å². The molecule has 0 saturated carbocycles. The molecule has 0 atom stereocenters. The normalized spacial score (nSPS) is 11.2. The predicted octanol–water partition coefficient (Wildman–Crippen LogP) is 0.824. The fraction of sp³-hybridized carbons (Fsp3) is 0.500. The van der Waals surface area contributed by atoms with Gasteiger partial charge in [-0.15, -0.1) is 0 Å². The summed E-state index contributed by atoms with van der Waals surface area (Å²) >= 11 is 0. The Bertz CT molecular complexity index is 335. The maximum Gasteiger partial charge on any atom is 0.221 e. The Hall–Kier alpha value is -1.42. The summed E-state index contributed by atoms with van der Waals surface area (Å²) in [6, 6.07) is 3.93. The van der Waals surface area contributed by atoms with Crippen molar-refractivity contribution in [2.45, 2.75) is 25.7 Å².